The predicted octanol–water partition coefficient (Wildman–Crippen LogP) is 5.43. The average Bonchev–Trinajstić information content (AvgIpc) is 2.81. The third kappa shape index (κ3) is 2.61. The van der Waals surface area contributed by atoms with Gasteiger partial charge in [0.15, 0.2) is 0 Å². The number of benzene rings is 2. The van der Waals surface area contributed by atoms with Crippen molar-refractivity contribution in [3.05, 3.63) is 52.9 Å². The Labute approximate surface area is 131 Å². The van der Waals surface area contributed by atoms with Crippen molar-refractivity contribution in [1.29, 1.82) is 0 Å². The zero-order valence-corrected chi connectivity index (χ0v) is 13.1. The molecule has 0 aliphatic rings. The highest BCUT2D eigenvalue weighted by Crippen LogP contribution is 2.39. The Morgan fingerprint density at radius 3 is 2.52 bits per heavy atom. The second-order valence-corrected chi connectivity index (χ2v) is 6.10. The maximum Gasteiger partial charge on any atom is 0.143 e. The minimum Gasteiger partial charge on any atom is -0.497 e. The Balaban J connectivity index is 2.03. The first kappa shape index (κ1) is 14.3. The molecule has 0 spiro atoms. The number of methoxy groups -OCH3 is 1. The highest BCUT2D eigenvalue weighted by Gasteiger charge is 2.14. The summed E-state index contributed by atoms with van der Waals surface area (Å²) in [6, 6.07) is 11.0. The Kier molecular flexibility index (Phi) is 3.83. The molecule has 0 unspecified atom stereocenters. The molecule has 1 N–H and O–H groups in total. The summed E-state index contributed by atoms with van der Waals surface area (Å²) < 4.78 is 18.7. The molecule has 0 amide bonds. The van der Waals surface area contributed by atoms with E-state index >= 15 is 0 Å². The Hall–Kier alpha value is -1.65. The lowest BCUT2D eigenvalue weighted by molar-refractivity contribution is 0.414. The van der Waals surface area contributed by atoms with Crippen molar-refractivity contribution in [2.24, 2.45) is 0 Å². The summed E-state index contributed by atoms with van der Waals surface area (Å²) in [5.74, 6) is 0.409. The quantitative estimate of drug-likeness (QED) is 0.696. The van der Waals surface area contributed by atoms with Crippen molar-refractivity contribution in [3.8, 4) is 5.75 Å². The zero-order valence-electron chi connectivity index (χ0n) is 11.5. The molecule has 1 heterocycles. The van der Waals surface area contributed by atoms with Crippen molar-refractivity contribution in [2.45, 2.75) is 16.7 Å². The van der Waals surface area contributed by atoms with E-state index < -0.39 is 5.82 Å². The lowest BCUT2D eigenvalue weighted by Crippen LogP contribution is -1.81. The van der Waals surface area contributed by atoms with Gasteiger partial charge in [0.2, 0.25) is 0 Å². The summed E-state index contributed by atoms with van der Waals surface area (Å²) in [4.78, 5) is 5.30. The number of H-pyrrole nitrogens is 1. The van der Waals surface area contributed by atoms with Crippen molar-refractivity contribution in [3.63, 3.8) is 0 Å². The maximum atomic E-state index is 13.5. The van der Waals surface area contributed by atoms with Crippen LogP contribution in [-0.4, -0.2) is 12.1 Å². The molecule has 0 saturated heterocycles. The minimum absolute atomic E-state index is 0.136. The van der Waals surface area contributed by atoms with Gasteiger partial charge in [-0.1, -0.05) is 23.4 Å². The normalized spacial score (nSPS) is 11.0. The number of nitrogens with one attached hydrogen (secondary N) is 1. The van der Waals surface area contributed by atoms with E-state index in [9.17, 15) is 4.39 Å². The van der Waals surface area contributed by atoms with Crippen LogP contribution in [-0.2, 0) is 0 Å². The van der Waals surface area contributed by atoms with Gasteiger partial charge in [0.1, 0.15) is 16.6 Å². The van der Waals surface area contributed by atoms with Crippen molar-refractivity contribution in [1.82, 2.24) is 4.98 Å². The van der Waals surface area contributed by atoms with Gasteiger partial charge in [-0.15, -0.1) is 0 Å². The third-order valence-electron chi connectivity index (χ3n) is 3.27. The number of aromatic amines is 1. The van der Waals surface area contributed by atoms with E-state index in [1.165, 1.54) is 6.07 Å². The van der Waals surface area contributed by atoms with E-state index in [1.54, 1.807) is 24.9 Å². The lowest BCUT2D eigenvalue weighted by Gasteiger charge is -2.04. The van der Waals surface area contributed by atoms with Gasteiger partial charge in [-0.25, -0.2) is 4.39 Å². The largest absolute Gasteiger partial charge is 0.497 e. The van der Waals surface area contributed by atoms with E-state index in [0.717, 1.165) is 26.6 Å². The standard InChI is InChI=1S/C16H13ClFNOS/c1-9-16(21-11-5-3-10(20-2)4-6-11)12-7-8-13(18)14(17)15(12)19-9/h3-8,19H,1-2H3. The first-order chi connectivity index (χ1) is 10.1. The Morgan fingerprint density at radius 2 is 1.86 bits per heavy atom. The van der Waals surface area contributed by atoms with Gasteiger partial charge in [0.05, 0.1) is 12.6 Å². The molecule has 2 aromatic carbocycles. The van der Waals surface area contributed by atoms with Crippen molar-refractivity contribution >= 4 is 34.3 Å². The van der Waals surface area contributed by atoms with E-state index in [-0.39, 0.29) is 5.02 Å². The average molecular weight is 322 g/mol. The van der Waals surface area contributed by atoms with Gasteiger partial charge in [0, 0.05) is 20.9 Å². The number of aryl methyl sites for hydroxylation is 1. The van der Waals surface area contributed by atoms with E-state index in [1.807, 2.05) is 31.2 Å². The van der Waals surface area contributed by atoms with Crippen LogP contribution in [0.5, 0.6) is 5.75 Å². The Morgan fingerprint density at radius 1 is 1.14 bits per heavy atom. The van der Waals surface area contributed by atoms with Crippen LogP contribution in [0.15, 0.2) is 46.2 Å². The first-order valence-corrected chi connectivity index (χ1v) is 7.58. The van der Waals surface area contributed by atoms with Crippen LogP contribution in [0.4, 0.5) is 4.39 Å². The zero-order chi connectivity index (χ0) is 15.0. The molecule has 5 heteroatoms. The summed E-state index contributed by atoms with van der Waals surface area (Å²) in [6.07, 6.45) is 0. The summed E-state index contributed by atoms with van der Waals surface area (Å²) in [5, 5.41) is 1.07. The van der Waals surface area contributed by atoms with Gasteiger partial charge < -0.3 is 9.72 Å². The Bertz CT molecular complexity index is 798. The molecule has 0 aliphatic carbocycles. The van der Waals surface area contributed by atoms with Crippen LogP contribution in [0.2, 0.25) is 5.02 Å². The third-order valence-corrected chi connectivity index (χ3v) is 4.88. The van der Waals surface area contributed by atoms with Crippen LogP contribution in [0.3, 0.4) is 0 Å². The van der Waals surface area contributed by atoms with Gasteiger partial charge in [-0.2, -0.15) is 0 Å². The van der Waals surface area contributed by atoms with Crippen LogP contribution < -0.4 is 4.74 Å². The fraction of sp³-hybridized carbons (Fsp3) is 0.125. The molecule has 0 bridgehead atoms. The molecule has 2 nitrogen and oxygen atoms in total. The molecule has 21 heavy (non-hydrogen) atoms. The molecule has 0 atom stereocenters. The summed E-state index contributed by atoms with van der Waals surface area (Å²) in [5.41, 5.74) is 1.61. The van der Waals surface area contributed by atoms with Crippen LogP contribution in [0.1, 0.15) is 5.69 Å². The topological polar surface area (TPSA) is 25.0 Å². The SMILES string of the molecule is COc1ccc(Sc2c(C)[nH]c3c(Cl)c(F)ccc23)cc1. The number of aromatic nitrogens is 1. The number of hydrogen-bond donors (Lipinski definition) is 1. The van der Waals surface area contributed by atoms with E-state index in [0.29, 0.717) is 5.52 Å². The fourth-order valence-electron chi connectivity index (χ4n) is 2.20. The fourth-order valence-corrected chi connectivity index (χ4v) is 3.41. The molecular weight excluding hydrogens is 309 g/mol. The second kappa shape index (κ2) is 5.62. The van der Waals surface area contributed by atoms with E-state index in [4.69, 9.17) is 16.3 Å². The number of halogens is 2. The minimum atomic E-state index is -0.411. The van der Waals surface area contributed by atoms with Crippen LogP contribution in [0.25, 0.3) is 10.9 Å². The maximum absolute atomic E-state index is 13.5. The highest BCUT2D eigenvalue weighted by molar-refractivity contribution is 7.99. The molecule has 3 aromatic rings. The number of ether oxygens (including phenoxy) is 1. The summed E-state index contributed by atoms with van der Waals surface area (Å²) >= 11 is 7.64. The van der Waals surface area contributed by atoms with Crippen molar-refractivity contribution < 1.29 is 9.13 Å². The van der Waals surface area contributed by atoms with Crippen LogP contribution >= 0.6 is 23.4 Å². The molecule has 0 aliphatic heterocycles. The molecule has 3 rings (SSSR count). The highest BCUT2D eigenvalue weighted by atomic mass is 35.5. The predicted molar refractivity (Wildman–Crippen MR) is 85.1 cm³/mol. The number of fused-ring (bicyclic) bond motifs is 1. The molecular formula is C16H13ClFNOS. The molecule has 108 valence electrons. The van der Waals surface area contributed by atoms with Gasteiger partial charge in [-0.05, 0) is 43.3 Å². The number of rotatable bonds is 3. The first-order valence-electron chi connectivity index (χ1n) is 6.38. The van der Waals surface area contributed by atoms with E-state index in [2.05, 4.69) is 4.98 Å². The molecule has 0 saturated carbocycles. The number of hydrogen-bond acceptors (Lipinski definition) is 2. The monoisotopic (exact) mass is 321 g/mol. The van der Waals surface area contributed by atoms with Gasteiger partial charge >= 0.3 is 0 Å². The molecule has 0 fully saturated rings. The second-order valence-electron chi connectivity index (χ2n) is 4.64. The molecule has 1 aromatic heterocycles. The van der Waals surface area contributed by atoms with Crippen molar-refractivity contribution in [2.75, 3.05) is 7.11 Å². The molecule has 0 radical (unpaired) electrons. The smallest absolute Gasteiger partial charge is 0.143 e. The van der Waals surface area contributed by atoms with Gasteiger partial charge in [0.25, 0.3) is 0 Å². The summed E-state index contributed by atoms with van der Waals surface area (Å²) in [6.45, 7) is 1.96. The van der Waals surface area contributed by atoms with Crippen LogP contribution in [0, 0.1) is 12.7 Å². The summed E-state index contributed by atoms with van der Waals surface area (Å²) in [7, 11) is 1.64. The van der Waals surface area contributed by atoms with Gasteiger partial charge in [-0.3, -0.25) is 0 Å². The lowest BCUT2D eigenvalue weighted by atomic mass is 10.2.